The molecule has 0 aliphatic heterocycles. The lowest BCUT2D eigenvalue weighted by Crippen LogP contribution is -2.32. The van der Waals surface area contributed by atoms with Gasteiger partial charge in [0.05, 0.1) is 39.6 Å². The van der Waals surface area contributed by atoms with Crippen LogP contribution in [0.1, 0.15) is 36.1 Å². The third-order valence-corrected chi connectivity index (χ3v) is 7.03. The summed E-state index contributed by atoms with van der Waals surface area (Å²) in [6.45, 7) is 1.75. The number of fused-ring (bicyclic) bond motifs is 3. The van der Waals surface area contributed by atoms with Crippen molar-refractivity contribution in [1.29, 1.82) is 0 Å². The fraction of sp³-hybridized carbons (Fsp3) is 0.323. The van der Waals surface area contributed by atoms with Crippen molar-refractivity contribution in [1.82, 2.24) is 10.6 Å². The largest absolute Gasteiger partial charge is 0.508 e. The van der Waals surface area contributed by atoms with Crippen molar-refractivity contribution in [2.75, 3.05) is 39.7 Å². The van der Waals surface area contributed by atoms with E-state index in [4.69, 9.17) is 14.2 Å². The third-order valence-electron chi connectivity index (χ3n) is 7.03. The van der Waals surface area contributed by atoms with Crippen molar-refractivity contribution in [2.24, 2.45) is 0 Å². The van der Waals surface area contributed by atoms with Gasteiger partial charge in [-0.2, -0.15) is 0 Å². The molecule has 4 N–H and O–H groups in total. The molecule has 0 bridgehead atoms. The van der Waals surface area contributed by atoms with Crippen molar-refractivity contribution in [3.8, 4) is 34.1 Å². The van der Waals surface area contributed by atoms with Crippen LogP contribution in [0, 0.1) is 0 Å². The number of rotatable bonds is 10. The number of methoxy groups -OCH3 is 3. The van der Waals surface area contributed by atoms with E-state index in [9.17, 15) is 19.5 Å². The van der Waals surface area contributed by atoms with Gasteiger partial charge in [0, 0.05) is 19.0 Å². The minimum atomic E-state index is -0.423. The summed E-state index contributed by atoms with van der Waals surface area (Å²) >= 11 is 0. The standard InChI is InChI=1S/C31H35N3O7/c1-18(35)34-24-11-7-20-15-27(39-2)30(40-3)31(41-4)29(20)22-10-12-25(26(37)16-23(22)24)33-17-28(38)32-14-13-19-5-8-21(36)9-6-19/h5-6,8-10,12,15-16,24,36H,7,11,13-14,17H2,1-4H3,(H,32,38)(H,33,37)(H,34,35). The van der Waals surface area contributed by atoms with Crippen LogP contribution in [0.5, 0.6) is 23.0 Å². The van der Waals surface area contributed by atoms with Crippen LogP contribution in [-0.4, -0.2) is 51.3 Å². The molecule has 0 heterocycles. The van der Waals surface area contributed by atoms with Crippen LogP contribution in [0.4, 0.5) is 5.69 Å². The number of hydrogen-bond acceptors (Lipinski definition) is 8. The SMILES string of the molecule is COc1cc2c(c(OC)c1OC)-c1ccc(NCC(=O)NCCc3ccc(O)cc3)c(=O)cc1C(NC(C)=O)CC2. The molecule has 1 aliphatic rings. The zero-order valence-electron chi connectivity index (χ0n) is 23.6. The highest BCUT2D eigenvalue weighted by Crippen LogP contribution is 2.50. The maximum absolute atomic E-state index is 13.4. The Morgan fingerprint density at radius 1 is 0.976 bits per heavy atom. The van der Waals surface area contributed by atoms with Crippen molar-refractivity contribution in [2.45, 2.75) is 32.2 Å². The highest BCUT2D eigenvalue weighted by Gasteiger charge is 2.29. The number of benzene rings is 2. The Morgan fingerprint density at radius 2 is 1.71 bits per heavy atom. The second-order valence-electron chi connectivity index (χ2n) is 9.72. The van der Waals surface area contributed by atoms with E-state index in [1.165, 1.54) is 20.1 Å². The quantitative estimate of drug-likeness (QED) is 0.296. The van der Waals surface area contributed by atoms with E-state index in [-0.39, 0.29) is 35.2 Å². The summed E-state index contributed by atoms with van der Waals surface area (Å²) in [5.74, 6) is 1.12. The third kappa shape index (κ3) is 6.71. The Labute approximate surface area is 238 Å². The molecule has 0 spiro atoms. The first-order chi connectivity index (χ1) is 19.7. The van der Waals surface area contributed by atoms with Gasteiger partial charge in [0.2, 0.25) is 23.0 Å². The molecule has 3 aromatic carbocycles. The number of phenolic OH excluding ortho intramolecular Hbond substituents is 1. The fourth-order valence-corrected chi connectivity index (χ4v) is 5.10. The Bertz CT molecular complexity index is 1490. The average Bonchev–Trinajstić information content (AvgIpc) is 3.20. The van der Waals surface area contributed by atoms with Crippen LogP contribution in [0.25, 0.3) is 11.1 Å². The van der Waals surface area contributed by atoms with Crippen molar-refractivity contribution in [3.05, 3.63) is 75.4 Å². The lowest BCUT2D eigenvalue weighted by molar-refractivity contribution is -0.120. The van der Waals surface area contributed by atoms with Gasteiger partial charge in [-0.3, -0.25) is 14.4 Å². The molecule has 10 heteroatoms. The first-order valence-electron chi connectivity index (χ1n) is 13.3. The number of nitrogens with one attached hydrogen (secondary N) is 3. The lowest BCUT2D eigenvalue weighted by atomic mass is 9.95. The number of carbonyl (C=O) groups is 2. The summed E-state index contributed by atoms with van der Waals surface area (Å²) in [5, 5.41) is 18.2. The Hall–Kier alpha value is -4.73. The molecule has 41 heavy (non-hydrogen) atoms. The summed E-state index contributed by atoms with van der Waals surface area (Å²) in [7, 11) is 4.63. The molecule has 10 nitrogen and oxygen atoms in total. The van der Waals surface area contributed by atoms with Gasteiger partial charge >= 0.3 is 0 Å². The smallest absolute Gasteiger partial charge is 0.239 e. The number of phenols is 1. The van der Waals surface area contributed by atoms with Crippen LogP contribution in [0.3, 0.4) is 0 Å². The highest BCUT2D eigenvalue weighted by atomic mass is 16.5. The number of carbonyl (C=O) groups excluding carboxylic acids is 2. The number of ether oxygens (including phenoxy) is 3. The van der Waals surface area contributed by atoms with Crippen LogP contribution >= 0.6 is 0 Å². The van der Waals surface area contributed by atoms with Gasteiger partial charge in [0.1, 0.15) is 5.75 Å². The van der Waals surface area contributed by atoms with Crippen LogP contribution in [0.2, 0.25) is 0 Å². The van der Waals surface area contributed by atoms with Gasteiger partial charge in [0.25, 0.3) is 0 Å². The number of anilines is 1. The van der Waals surface area contributed by atoms with E-state index in [0.717, 1.165) is 16.7 Å². The molecular weight excluding hydrogens is 526 g/mol. The summed E-state index contributed by atoms with van der Waals surface area (Å²) in [6, 6.07) is 13.2. The van der Waals surface area contributed by atoms with Crippen molar-refractivity contribution >= 4 is 17.5 Å². The molecule has 3 aromatic rings. The zero-order valence-corrected chi connectivity index (χ0v) is 23.6. The van der Waals surface area contributed by atoms with E-state index in [0.29, 0.717) is 54.2 Å². The van der Waals surface area contributed by atoms with Crippen LogP contribution in [0.15, 0.2) is 53.3 Å². The first-order valence-corrected chi connectivity index (χ1v) is 13.3. The second-order valence-corrected chi connectivity index (χ2v) is 9.72. The molecule has 216 valence electrons. The number of hydrogen-bond donors (Lipinski definition) is 4. The molecule has 0 saturated heterocycles. The maximum atomic E-state index is 13.4. The van der Waals surface area contributed by atoms with Gasteiger partial charge < -0.3 is 35.3 Å². The van der Waals surface area contributed by atoms with E-state index in [1.807, 2.05) is 6.07 Å². The number of amides is 2. The number of aromatic hydroxyl groups is 1. The maximum Gasteiger partial charge on any atom is 0.239 e. The normalized spacial score (nSPS) is 13.6. The van der Waals surface area contributed by atoms with Gasteiger partial charge in [-0.05, 0) is 71.8 Å². The summed E-state index contributed by atoms with van der Waals surface area (Å²) in [5.41, 5.74) is 3.93. The van der Waals surface area contributed by atoms with Crippen LogP contribution in [-0.2, 0) is 22.4 Å². The first kappa shape index (κ1) is 29.3. The van der Waals surface area contributed by atoms with E-state index >= 15 is 0 Å². The molecule has 0 fully saturated rings. The molecule has 2 amide bonds. The molecule has 4 rings (SSSR count). The topological polar surface area (TPSA) is 135 Å². The predicted molar refractivity (Wildman–Crippen MR) is 156 cm³/mol. The Kier molecular flexibility index (Phi) is 9.34. The monoisotopic (exact) mass is 561 g/mol. The van der Waals surface area contributed by atoms with E-state index in [1.54, 1.807) is 50.6 Å². The molecule has 0 saturated carbocycles. The van der Waals surface area contributed by atoms with Crippen molar-refractivity contribution < 1.29 is 28.9 Å². The molecular formula is C31H35N3O7. The van der Waals surface area contributed by atoms with Gasteiger partial charge in [-0.25, -0.2) is 0 Å². The van der Waals surface area contributed by atoms with E-state index in [2.05, 4.69) is 16.0 Å². The molecule has 1 aliphatic carbocycles. The van der Waals surface area contributed by atoms with Gasteiger partial charge in [-0.1, -0.05) is 18.2 Å². The average molecular weight is 562 g/mol. The molecule has 1 atom stereocenters. The summed E-state index contributed by atoms with van der Waals surface area (Å²) < 4.78 is 17.0. The zero-order chi connectivity index (χ0) is 29.5. The van der Waals surface area contributed by atoms with Crippen molar-refractivity contribution in [3.63, 3.8) is 0 Å². The fourth-order valence-electron chi connectivity index (χ4n) is 5.10. The predicted octanol–water partition coefficient (Wildman–Crippen LogP) is 3.34. The molecule has 0 radical (unpaired) electrons. The molecule has 0 aromatic heterocycles. The van der Waals surface area contributed by atoms with Gasteiger partial charge in [-0.15, -0.1) is 0 Å². The Morgan fingerprint density at radius 3 is 2.37 bits per heavy atom. The lowest BCUT2D eigenvalue weighted by Gasteiger charge is -2.19. The molecule has 1 unspecified atom stereocenters. The van der Waals surface area contributed by atoms with Gasteiger partial charge in [0.15, 0.2) is 11.5 Å². The van der Waals surface area contributed by atoms with Crippen LogP contribution < -0.4 is 35.6 Å². The second kappa shape index (κ2) is 13.1. The number of aryl methyl sites for hydroxylation is 1. The summed E-state index contributed by atoms with van der Waals surface area (Å²) in [4.78, 5) is 38.0. The summed E-state index contributed by atoms with van der Waals surface area (Å²) in [6.07, 6.45) is 1.75. The minimum Gasteiger partial charge on any atom is -0.508 e. The highest BCUT2D eigenvalue weighted by molar-refractivity contribution is 5.84. The minimum absolute atomic E-state index is 0.0977. The van der Waals surface area contributed by atoms with E-state index < -0.39 is 6.04 Å². The Balaban J connectivity index is 1.64.